The highest BCUT2D eigenvalue weighted by atomic mass is 32.2. The molecule has 1 unspecified atom stereocenters. The number of carbonyl (C=O) groups excluding carboxylic acids is 1. The number of ketones is 1. The number of nitrogens with two attached hydrogens (primary N) is 1. The lowest BCUT2D eigenvalue weighted by Crippen LogP contribution is -2.20. The summed E-state index contributed by atoms with van der Waals surface area (Å²) in [6.07, 6.45) is 1.72. The van der Waals surface area contributed by atoms with Gasteiger partial charge in [-0.3, -0.25) is 4.79 Å². The van der Waals surface area contributed by atoms with Crippen LogP contribution >= 0.6 is 11.3 Å². The minimum atomic E-state index is -2.99. The molecule has 0 saturated heterocycles. The molecule has 0 amide bonds. The number of sulfone groups is 1. The van der Waals surface area contributed by atoms with E-state index in [2.05, 4.69) is 0 Å². The largest absolute Gasteiger partial charge is 0.317 e. The van der Waals surface area contributed by atoms with Gasteiger partial charge in [0.1, 0.15) is 9.84 Å². The zero-order valence-electron chi connectivity index (χ0n) is 9.05. The second-order valence-electron chi connectivity index (χ2n) is 3.69. The van der Waals surface area contributed by atoms with Gasteiger partial charge in [0.2, 0.25) is 0 Å². The second kappa shape index (κ2) is 5.56. The fourth-order valence-electron chi connectivity index (χ4n) is 1.29. The van der Waals surface area contributed by atoms with Gasteiger partial charge in [0.25, 0.3) is 0 Å². The molecule has 0 bridgehead atoms. The molecule has 0 aromatic carbocycles. The molecule has 1 aromatic heterocycles. The smallest absolute Gasteiger partial charge is 0.154 e. The van der Waals surface area contributed by atoms with Crippen LogP contribution in [0.4, 0.5) is 0 Å². The predicted molar refractivity (Wildman–Crippen MR) is 65.2 cm³/mol. The van der Waals surface area contributed by atoms with Crippen molar-refractivity contribution in [1.29, 1.82) is 0 Å². The van der Waals surface area contributed by atoms with Gasteiger partial charge in [-0.25, -0.2) is 8.42 Å². The highest BCUT2D eigenvalue weighted by Crippen LogP contribution is 2.19. The zero-order chi connectivity index (χ0) is 12.2. The van der Waals surface area contributed by atoms with Crippen molar-refractivity contribution in [3.05, 3.63) is 22.4 Å². The van der Waals surface area contributed by atoms with E-state index >= 15 is 0 Å². The molecule has 0 saturated carbocycles. The van der Waals surface area contributed by atoms with Crippen LogP contribution in [0.5, 0.6) is 0 Å². The van der Waals surface area contributed by atoms with Crippen LogP contribution in [0.1, 0.15) is 23.8 Å². The summed E-state index contributed by atoms with van der Waals surface area (Å²) in [5.74, 6) is -0.0679. The Bertz CT molecular complexity index is 437. The molecule has 1 heterocycles. The maximum Gasteiger partial charge on any atom is 0.154 e. The Labute approximate surface area is 99.4 Å². The third kappa shape index (κ3) is 4.42. The van der Waals surface area contributed by atoms with E-state index in [9.17, 15) is 13.2 Å². The third-order valence-electron chi connectivity index (χ3n) is 2.13. The fraction of sp³-hybridized carbons (Fsp3) is 0.500. The van der Waals surface area contributed by atoms with Crippen molar-refractivity contribution < 1.29 is 13.2 Å². The standard InChI is InChI=1S/C10H15NO3S2/c1-16(13,14)7-3-4-8(12)10(11)9-5-2-6-15-9/h2,5-6,10H,3-4,7,11H2,1H3. The highest BCUT2D eigenvalue weighted by molar-refractivity contribution is 7.90. The first kappa shape index (κ1) is 13.3. The zero-order valence-corrected chi connectivity index (χ0v) is 10.7. The summed E-state index contributed by atoms with van der Waals surface area (Å²) in [4.78, 5) is 12.4. The van der Waals surface area contributed by atoms with Crippen LogP contribution in [-0.4, -0.2) is 26.2 Å². The van der Waals surface area contributed by atoms with Gasteiger partial charge in [-0.1, -0.05) is 6.07 Å². The molecule has 16 heavy (non-hydrogen) atoms. The van der Waals surface area contributed by atoms with Gasteiger partial charge in [-0.2, -0.15) is 0 Å². The number of Topliss-reactive ketones (excluding diaryl/α,β-unsaturated/α-hetero) is 1. The molecule has 0 spiro atoms. The summed E-state index contributed by atoms with van der Waals surface area (Å²) in [6, 6.07) is 3.03. The Balaban J connectivity index is 2.42. The summed E-state index contributed by atoms with van der Waals surface area (Å²) in [5, 5.41) is 1.86. The Morgan fingerprint density at radius 3 is 2.75 bits per heavy atom. The van der Waals surface area contributed by atoms with E-state index < -0.39 is 15.9 Å². The topological polar surface area (TPSA) is 77.2 Å². The first-order valence-corrected chi connectivity index (χ1v) is 7.83. The van der Waals surface area contributed by atoms with Crippen molar-refractivity contribution in [2.24, 2.45) is 5.73 Å². The minimum Gasteiger partial charge on any atom is -0.317 e. The number of hydrogen-bond acceptors (Lipinski definition) is 5. The Morgan fingerprint density at radius 1 is 1.56 bits per heavy atom. The summed E-state index contributed by atoms with van der Waals surface area (Å²) in [7, 11) is -2.99. The average Bonchev–Trinajstić information content (AvgIpc) is 2.67. The van der Waals surface area contributed by atoms with Crippen LogP contribution in [0.15, 0.2) is 17.5 Å². The van der Waals surface area contributed by atoms with Gasteiger partial charge < -0.3 is 5.73 Å². The molecule has 4 nitrogen and oxygen atoms in total. The quantitative estimate of drug-likeness (QED) is 0.833. The maximum absolute atomic E-state index is 11.6. The molecule has 1 rings (SSSR count). The highest BCUT2D eigenvalue weighted by Gasteiger charge is 2.16. The normalized spacial score (nSPS) is 13.6. The van der Waals surface area contributed by atoms with Crippen molar-refractivity contribution in [2.75, 3.05) is 12.0 Å². The van der Waals surface area contributed by atoms with Crippen molar-refractivity contribution in [1.82, 2.24) is 0 Å². The van der Waals surface area contributed by atoms with Gasteiger partial charge in [0, 0.05) is 17.6 Å². The minimum absolute atomic E-state index is 0.0376. The van der Waals surface area contributed by atoms with Gasteiger partial charge in [-0.05, 0) is 17.9 Å². The van der Waals surface area contributed by atoms with Crippen LogP contribution in [0.3, 0.4) is 0 Å². The van der Waals surface area contributed by atoms with Crippen LogP contribution in [-0.2, 0) is 14.6 Å². The van der Waals surface area contributed by atoms with Crippen LogP contribution in [0.2, 0.25) is 0 Å². The maximum atomic E-state index is 11.6. The van der Waals surface area contributed by atoms with Crippen LogP contribution in [0.25, 0.3) is 0 Å². The first-order valence-electron chi connectivity index (χ1n) is 4.89. The van der Waals surface area contributed by atoms with Gasteiger partial charge in [0.15, 0.2) is 5.78 Å². The van der Waals surface area contributed by atoms with E-state index in [1.807, 2.05) is 17.5 Å². The molecule has 1 aromatic rings. The molecule has 0 aliphatic carbocycles. The Morgan fingerprint density at radius 2 is 2.25 bits per heavy atom. The predicted octanol–water partition coefficient (Wildman–Crippen LogP) is 1.14. The SMILES string of the molecule is CS(=O)(=O)CCCC(=O)C(N)c1cccs1. The molecule has 90 valence electrons. The molecule has 2 N–H and O–H groups in total. The first-order chi connectivity index (χ1) is 7.40. The Kier molecular flexibility index (Phi) is 4.64. The lowest BCUT2D eigenvalue weighted by molar-refractivity contribution is -0.120. The van der Waals surface area contributed by atoms with E-state index in [1.54, 1.807) is 0 Å². The van der Waals surface area contributed by atoms with E-state index in [4.69, 9.17) is 5.73 Å². The molecule has 1 atom stereocenters. The van der Waals surface area contributed by atoms with Gasteiger partial charge in [-0.15, -0.1) is 11.3 Å². The summed E-state index contributed by atoms with van der Waals surface area (Å²) >= 11 is 1.43. The molecular weight excluding hydrogens is 246 g/mol. The molecule has 0 fully saturated rings. The fourth-order valence-corrected chi connectivity index (χ4v) is 2.71. The number of carbonyl (C=O) groups is 1. The third-order valence-corrected chi connectivity index (χ3v) is 4.12. The van der Waals surface area contributed by atoms with Crippen molar-refractivity contribution in [2.45, 2.75) is 18.9 Å². The molecule has 0 radical (unpaired) electrons. The average molecular weight is 261 g/mol. The van der Waals surface area contributed by atoms with Gasteiger partial charge >= 0.3 is 0 Å². The van der Waals surface area contributed by atoms with Crippen molar-refractivity contribution in [3.63, 3.8) is 0 Å². The molecule has 0 aliphatic heterocycles. The summed E-state index contributed by atoms with van der Waals surface area (Å²) in [5.41, 5.74) is 5.74. The number of rotatable bonds is 6. The van der Waals surface area contributed by atoms with Crippen molar-refractivity contribution >= 4 is 27.0 Å². The number of thiophene rings is 1. The van der Waals surface area contributed by atoms with Crippen LogP contribution < -0.4 is 5.73 Å². The molecule has 0 aliphatic rings. The van der Waals surface area contributed by atoms with E-state index in [-0.39, 0.29) is 18.0 Å². The lowest BCUT2D eigenvalue weighted by atomic mass is 10.1. The van der Waals surface area contributed by atoms with E-state index in [0.717, 1.165) is 11.1 Å². The monoisotopic (exact) mass is 261 g/mol. The molecule has 6 heteroatoms. The summed E-state index contributed by atoms with van der Waals surface area (Å²) < 4.78 is 21.7. The second-order valence-corrected chi connectivity index (χ2v) is 6.93. The van der Waals surface area contributed by atoms with E-state index in [1.165, 1.54) is 11.3 Å². The van der Waals surface area contributed by atoms with Crippen LogP contribution in [0, 0.1) is 0 Å². The van der Waals surface area contributed by atoms with E-state index in [0.29, 0.717) is 6.42 Å². The molecular formula is C10H15NO3S2. The Hall–Kier alpha value is -0.720. The summed E-state index contributed by atoms with van der Waals surface area (Å²) in [6.45, 7) is 0. The number of hydrogen-bond donors (Lipinski definition) is 1. The van der Waals surface area contributed by atoms with Gasteiger partial charge in [0.05, 0.1) is 11.8 Å². The lowest BCUT2D eigenvalue weighted by Gasteiger charge is -2.07. The van der Waals surface area contributed by atoms with Crippen molar-refractivity contribution in [3.8, 4) is 0 Å².